The number of Topliss-reactive ketones (excluding diaryl/α,β-unsaturated/α-hetero) is 1. The van der Waals surface area contributed by atoms with Crippen molar-refractivity contribution in [2.45, 2.75) is 39.5 Å². The van der Waals surface area contributed by atoms with Gasteiger partial charge in [-0.25, -0.2) is 0 Å². The number of carbonyl (C=O) groups excluding carboxylic acids is 1. The Morgan fingerprint density at radius 1 is 1.44 bits per heavy atom. The lowest BCUT2D eigenvalue weighted by atomic mass is 9.95. The van der Waals surface area contributed by atoms with E-state index in [-0.39, 0.29) is 0 Å². The van der Waals surface area contributed by atoms with Crippen molar-refractivity contribution in [3.05, 3.63) is 21.9 Å². The molecule has 2 rings (SSSR count). The number of likely N-dealkylation sites (tertiary alicyclic amines) is 1. The fraction of sp³-hybridized carbons (Fsp3) is 0.667. The molecule has 100 valence electrons. The van der Waals surface area contributed by atoms with Gasteiger partial charge in [0, 0.05) is 11.4 Å². The van der Waals surface area contributed by atoms with E-state index in [4.69, 9.17) is 0 Å². The summed E-state index contributed by atoms with van der Waals surface area (Å²) in [5.74, 6) is 1.09. The number of piperidine rings is 1. The highest BCUT2D eigenvalue weighted by Crippen LogP contribution is 2.21. The molecule has 0 bridgehead atoms. The minimum absolute atomic E-state index is 0.302. The first-order valence-electron chi connectivity index (χ1n) is 7.07. The minimum atomic E-state index is 0.302. The Balaban J connectivity index is 1.90. The molecule has 1 aliphatic heterocycles. The van der Waals surface area contributed by atoms with Gasteiger partial charge in [0.05, 0.1) is 11.4 Å². The SMILES string of the molecule is CCc1ccc(C(=O)CN2CCCC(CC)C2)s1. The van der Waals surface area contributed by atoms with Crippen LogP contribution in [0.15, 0.2) is 12.1 Å². The van der Waals surface area contributed by atoms with Gasteiger partial charge in [-0.15, -0.1) is 11.3 Å². The number of nitrogens with zero attached hydrogens (tertiary/aromatic N) is 1. The molecule has 1 atom stereocenters. The van der Waals surface area contributed by atoms with Gasteiger partial charge in [0.1, 0.15) is 0 Å². The molecule has 0 aliphatic carbocycles. The second-order valence-electron chi connectivity index (χ2n) is 5.19. The summed E-state index contributed by atoms with van der Waals surface area (Å²) in [6.07, 6.45) is 4.85. The summed E-state index contributed by atoms with van der Waals surface area (Å²) in [6.45, 7) is 7.20. The van der Waals surface area contributed by atoms with Gasteiger partial charge in [0.15, 0.2) is 5.78 Å². The zero-order valence-corrected chi connectivity index (χ0v) is 12.3. The molecule has 1 aliphatic rings. The predicted octanol–water partition coefficient (Wildman–Crippen LogP) is 3.62. The zero-order chi connectivity index (χ0) is 13.0. The van der Waals surface area contributed by atoms with Crippen molar-refractivity contribution in [1.82, 2.24) is 4.90 Å². The van der Waals surface area contributed by atoms with E-state index < -0.39 is 0 Å². The fourth-order valence-corrected chi connectivity index (χ4v) is 3.50. The molecule has 3 heteroatoms. The first-order valence-corrected chi connectivity index (χ1v) is 7.88. The van der Waals surface area contributed by atoms with Gasteiger partial charge < -0.3 is 0 Å². The van der Waals surface area contributed by atoms with Crippen molar-refractivity contribution < 1.29 is 4.79 Å². The van der Waals surface area contributed by atoms with Crippen LogP contribution in [-0.2, 0) is 6.42 Å². The van der Waals surface area contributed by atoms with Crippen LogP contribution in [0.4, 0.5) is 0 Å². The van der Waals surface area contributed by atoms with Gasteiger partial charge in [-0.05, 0) is 43.9 Å². The Hall–Kier alpha value is -0.670. The molecular formula is C15H23NOS. The van der Waals surface area contributed by atoms with Crippen LogP contribution in [0.5, 0.6) is 0 Å². The molecule has 0 spiro atoms. The predicted molar refractivity (Wildman–Crippen MR) is 77.5 cm³/mol. The Kier molecular flexibility index (Phi) is 4.95. The first-order chi connectivity index (χ1) is 8.72. The lowest BCUT2D eigenvalue weighted by molar-refractivity contribution is 0.0888. The van der Waals surface area contributed by atoms with Crippen molar-refractivity contribution >= 4 is 17.1 Å². The Morgan fingerprint density at radius 2 is 2.28 bits per heavy atom. The molecule has 1 fully saturated rings. The van der Waals surface area contributed by atoms with Crippen molar-refractivity contribution in [2.75, 3.05) is 19.6 Å². The number of ketones is 1. The maximum Gasteiger partial charge on any atom is 0.186 e. The van der Waals surface area contributed by atoms with Gasteiger partial charge in [0.25, 0.3) is 0 Å². The number of hydrogen-bond acceptors (Lipinski definition) is 3. The van der Waals surface area contributed by atoms with Crippen LogP contribution in [0.3, 0.4) is 0 Å². The van der Waals surface area contributed by atoms with Gasteiger partial charge in [0.2, 0.25) is 0 Å². The third-order valence-corrected chi connectivity index (χ3v) is 5.10. The highest BCUT2D eigenvalue weighted by atomic mass is 32.1. The van der Waals surface area contributed by atoms with Crippen LogP contribution >= 0.6 is 11.3 Å². The van der Waals surface area contributed by atoms with Crippen molar-refractivity contribution in [3.8, 4) is 0 Å². The van der Waals surface area contributed by atoms with Gasteiger partial charge in [-0.2, -0.15) is 0 Å². The Morgan fingerprint density at radius 3 is 2.94 bits per heavy atom. The summed E-state index contributed by atoms with van der Waals surface area (Å²) in [5, 5.41) is 0. The van der Waals surface area contributed by atoms with Crippen LogP contribution in [0.25, 0.3) is 0 Å². The molecule has 1 unspecified atom stereocenters. The minimum Gasteiger partial charge on any atom is -0.296 e. The summed E-state index contributed by atoms with van der Waals surface area (Å²) < 4.78 is 0. The highest BCUT2D eigenvalue weighted by Gasteiger charge is 2.21. The Bertz CT molecular complexity index is 399. The van der Waals surface area contributed by atoms with E-state index >= 15 is 0 Å². The first kappa shape index (κ1) is 13.8. The summed E-state index contributed by atoms with van der Waals surface area (Å²) in [4.78, 5) is 16.8. The lowest BCUT2D eigenvalue weighted by Gasteiger charge is -2.31. The normalized spacial score (nSPS) is 21.1. The zero-order valence-electron chi connectivity index (χ0n) is 11.4. The van der Waals surface area contributed by atoms with Crippen LogP contribution in [-0.4, -0.2) is 30.3 Å². The van der Waals surface area contributed by atoms with E-state index in [0.717, 1.165) is 30.3 Å². The molecule has 0 saturated carbocycles. The quantitative estimate of drug-likeness (QED) is 0.758. The standard InChI is InChI=1S/C15H23NOS/c1-3-12-6-5-9-16(10-12)11-14(17)15-8-7-13(4-2)18-15/h7-8,12H,3-6,9-11H2,1-2H3. The number of thiophene rings is 1. The van der Waals surface area contributed by atoms with E-state index in [9.17, 15) is 4.79 Å². The third kappa shape index (κ3) is 3.42. The summed E-state index contributed by atoms with van der Waals surface area (Å²) in [6, 6.07) is 4.08. The summed E-state index contributed by atoms with van der Waals surface area (Å²) >= 11 is 1.66. The number of hydrogen-bond donors (Lipinski definition) is 0. The molecule has 0 aromatic carbocycles. The smallest absolute Gasteiger partial charge is 0.186 e. The molecule has 1 aromatic heterocycles. The summed E-state index contributed by atoms with van der Waals surface area (Å²) in [5.41, 5.74) is 0. The monoisotopic (exact) mass is 265 g/mol. The van der Waals surface area contributed by atoms with Gasteiger partial charge in [-0.3, -0.25) is 9.69 Å². The second kappa shape index (κ2) is 6.48. The molecule has 1 saturated heterocycles. The van der Waals surface area contributed by atoms with E-state index in [2.05, 4.69) is 24.8 Å². The summed E-state index contributed by atoms with van der Waals surface area (Å²) in [7, 11) is 0. The topological polar surface area (TPSA) is 20.3 Å². The molecule has 2 heterocycles. The molecule has 18 heavy (non-hydrogen) atoms. The average molecular weight is 265 g/mol. The molecule has 0 amide bonds. The highest BCUT2D eigenvalue weighted by molar-refractivity contribution is 7.14. The van der Waals surface area contributed by atoms with Crippen LogP contribution < -0.4 is 0 Å². The van der Waals surface area contributed by atoms with Crippen LogP contribution in [0.2, 0.25) is 0 Å². The van der Waals surface area contributed by atoms with Crippen LogP contribution in [0.1, 0.15) is 47.7 Å². The van der Waals surface area contributed by atoms with E-state index in [1.54, 1.807) is 11.3 Å². The van der Waals surface area contributed by atoms with Crippen LogP contribution in [0, 0.1) is 5.92 Å². The molecule has 1 aromatic rings. The molecular weight excluding hydrogens is 242 g/mol. The van der Waals surface area contributed by atoms with Crippen molar-refractivity contribution in [1.29, 1.82) is 0 Å². The van der Waals surface area contributed by atoms with Gasteiger partial charge in [-0.1, -0.05) is 20.3 Å². The second-order valence-corrected chi connectivity index (χ2v) is 6.36. The average Bonchev–Trinajstić information content (AvgIpc) is 2.88. The van der Waals surface area contributed by atoms with Crippen molar-refractivity contribution in [2.24, 2.45) is 5.92 Å². The Labute approximate surface area is 114 Å². The third-order valence-electron chi connectivity index (χ3n) is 3.83. The maximum atomic E-state index is 12.2. The lowest BCUT2D eigenvalue weighted by Crippen LogP contribution is -2.38. The van der Waals surface area contributed by atoms with E-state index in [0.29, 0.717) is 12.3 Å². The molecule has 2 nitrogen and oxygen atoms in total. The number of rotatable bonds is 5. The maximum absolute atomic E-state index is 12.2. The van der Waals surface area contributed by atoms with Crippen molar-refractivity contribution in [3.63, 3.8) is 0 Å². The largest absolute Gasteiger partial charge is 0.296 e. The fourth-order valence-electron chi connectivity index (χ4n) is 2.63. The molecule has 0 N–H and O–H groups in total. The van der Waals surface area contributed by atoms with E-state index in [1.807, 2.05) is 6.07 Å². The number of aryl methyl sites for hydroxylation is 1. The van der Waals surface area contributed by atoms with Gasteiger partial charge >= 0.3 is 0 Å². The molecule has 0 radical (unpaired) electrons. The van der Waals surface area contributed by atoms with E-state index in [1.165, 1.54) is 24.1 Å². The number of carbonyl (C=O) groups is 1.